The Hall–Kier alpha value is -2.76. The third-order valence-corrected chi connectivity index (χ3v) is 2.39. The number of carbonyl (C=O) groups excluding carboxylic acids is 2. The van der Waals surface area contributed by atoms with E-state index < -0.39 is 17.6 Å². The average molecular weight is 259 g/mol. The lowest BCUT2D eigenvalue weighted by atomic mass is 10.1. The summed E-state index contributed by atoms with van der Waals surface area (Å²) in [6, 6.07) is 8.21. The molecule has 0 saturated carbocycles. The summed E-state index contributed by atoms with van der Waals surface area (Å²) in [5.74, 6) is -1.94. The number of anilines is 1. The molecule has 0 aliphatic rings. The van der Waals surface area contributed by atoms with Gasteiger partial charge < -0.3 is 11.1 Å². The van der Waals surface area contributed by atoms with Crippen molar-refractivity contribution in [1.29, 1.82) is 0 Å². The van der Waals surface area contributed by atoms with Crippen molar-refractivity contribution in [2.75, 3.05) is 5.32 Å². The molecule has 0 fully saturated rings. The second-order valence-electron chi connectivity index (χ2n) is 3.72. The van der Waals surface area contributed by atoms with Gasteiger partial charge in [0.2, 0.25) is 0 Å². The Morgan fingerprint density at radius 2 is 2.00 bits per heavy atom. The SMILES string of the molecule is NC(=O)c1cc(F)ccc1NC(=O)c1ccccn1. The first-order chi connectivity index (χ1) is 9.08. The van der Waals surface area contributed by atoms with Crippen LogP contribution in [-0.4, -0.2) is 16.8 Å². The van der Waals surface area contributed by atoms with Crippen molar-refractivity contribution in [3.05, 3.63) is 59.7 Å². The number of halogens is 1. The minimum Gasteiger partial charge on any atom is -0.366 e. The van der Waals surface area contributed by atoms with Crippen LogP contribution in [0, 0.1) is 5.82 Å². The van der Waals surface area contributed by atoms with Crippen molar-refractivity contribution in [1.82, 2.24) is 4.98 Å². The third-order valence-electron chi connectivity index (χ3n) is 2.39. The van der Waals surface area contributed by atoms with Gasteiger partial charge in [-0.15, -0.1) is 0 Å². The maximum Gasteiger partial charge on any atom is 0.274 e. The molecule has 0 spiro atoms. The Morgan fingerprint density at radius 3 is 2.63 bits per heavy atom. The summed E-state index contributed by atoms with van der Waals surface area (Å²) >= 11 is 0. The van der Waals surface area contributed by atoms with E-state index >= 15 is 0 Å². The largest absolute Gasteiger partial charge is 0.366 e. The Labute approximate surface area is 108 Å². The number of benzene rings is 1. The van der Waals surface area contributed by atoms with Crippen molar-refractivity contribution in [2.45, 2.75) is 0 Å². The summed E-state index contributed by atoms with van der Waals surface area (Å²) in [6.45, 7) is 0. The highest BCUT2D eigenvalue weighted by Crippen LogP contribution is 2.17. The highest BCUT2D eigenvalue weighted by atomic mass is 19.1. The van der Waals surface area contributed by atoms with Crippen molar-refractivity contribution < 1.29 is 14.0 Å². The zero-order valence-electron chi connectivity index (χ0n) is 9.76. The van der Waals surface area contributed by atoms with Crippen molar-refractivity contribution in [3.8, 4) is 0 Å². The molecular formula is C13H10FN3O2. The molecule has 0 bridgehead atoms. The number of rotatable bonds is 3. The van der Waals surface area contributed by atoms with E-state index in [1.807, 2.05) is 0 Å². The number of nitrogens with zero attached hydrogens (tertiary/aromatic N) is 1. The summed E-state index contributed by atoms with van der Waals surface area (Å²) in [7, 11) is 0. The van der Waals surface area contributed by atoms with E-state index in [-0.39, 0.29) is 16.9 Å². The number of hydrogen-bond acceptors (Lipinski definition) is 3. The summed E-state index contributed by atoms with van der Waals surface area (Å²) in [4.78, 5) is 26.9. The van der Waals surface area contributed by atoms with Crippen LogP contribution >= 0.6 is 0 Å². The first kappa shape index (κ1) is 12.7. The molecule has 2 rings (SSSR count). The zero-order chi connectivity index (χ0) is 13.8. The van der Waals surface area contributed by atoms with Gasteiger partial charge in [0.1, 0.15) is 11.5 Å². The lowest BCUT2D eigenvalue weighted by Crippen LogP contribution is -2.19. The Kier molecular flexibility index (Phi) is 3.51. The topological polar surface area (TPSA) is 85.1 Å². The van der Waals surface area contributed by atoms with Gasteiger partial charge in [-0.3, -0.25) is 14.6 Å². The summed E-state index contributed by atoms with van der Waals surface area (Å²) < 4.78 is 13.0. The van der Waals surface area contributed by atoms with E-state index in [1.165, 1.54) is 18.3 Å². The second-order valence-corrected chi connectivity index (χ2v) is 3.72. The molecule has 3 N–H and O–H groups in total. The highest BCUT2D eigenvalue weighted by Gasteiger charge is 2.13. The maximum absolute atomic E-state index is 13.0. The minimum atomic E-state index is -0.823. The molecule has 0 unspecified atom stereocenters. The van der Waals surface area contributed by atoms with Crippen LogP contribution in [0.15, 0.2) is 42.6 Å². The van der Waals surface area contributed by atoms with Gasteiger partial charge in [0, 0.05) is 6.20 Å². The van der Waals surface area contributed by atoms with Gasteiger partial charge in [-0.1, -0.05) is 6.07 Å². The van der Waals surface area contributed by atoms with Crippen LogP contribution in [0.5, 0.6) is 0 Å². The lowest BCUT2D eigenvalue weighted by Gasteiger charge is -2.08. The number of nitrogens with one attached hydrogen (secondary N) is 1. The monoisotopic (exact) mass is 259 g/mol. The Bertz CT molecular complexity index is 629. The molecule has 19 heavy (non-hydrogen) atoms. The van der Waals surface area contributed by atoms with Crippen LogP contribution in [0.25, 0.3) is 0 Å². The number of aromatic nitrogens is 1. The van der Waals surface area contributed by atoms with Gasteiger partial charge in [-0.25, -0.2) is 4.39 Å². The standard InChI is InChI=1S/C13H10FN3O2/c14-8-4-5-10(9(7-8)12(15)18)17-13(19)11-3-1-2-6-16-11/h1-7H,(H2,15,18)(H,17,19). The lowest BCUT2D eigenvalue weighted by molar-refractivity contribution is 0.100. The van der Waals surface area contributed by atoms with Gasteiger partial charge in [0.05, 0.1) is 11.3 Å². The quantitative estimate of drug-likeness (QED) is 0.877. The molecule has 0 aliphatic heterocycles. The smallest absolute Gasteiger partial charge is 0.274 e. The molecule has 1 aromatic carbocycles. The van der Waals surface area contributed by atoms with Crippen molar-refractivity contribution in [2.24, 2.45) is 5.73 Å². The molecule has 0 radical (unpaired) electrons. The zero-order valence-corrected chi connectivity index (χ0v) is 9.76. The van der Waals surface area contributed by atoms with Gasteiger partial charge in [0.15, 0.2) is 0 Å². The molecular weight excluding hydrogens is 249 g/mol. The van der Waals surface area contributed by atoms with Crippen LogP contribution in [-0.2, 0) is 0 Å². The van der Waals surface area contributed by atoms with E-state index in [4.69, 9.17) is 5.73 Å². The first-order valence-corrected chi connectivity index (χ1v) is 5.39. The van der Waals surface area contributed by atoms with Crippen LogP contribution < -0.4 is 11.1 Å². The van der Waals surface area contributed by atoms with Gasteiger partial charge in [0.25, 0.3) is 11.8 Å². The van der Waals surface area contributed by atoms with Gasteiger partial charge >= 0.3 is 0 Å². The molecule has 0 saturated heterocycles. The summed E-state index contributed by atoms with van der Waals surface area (Å²) in [5.41, 5.74) is 5.36. The minimum absolute atomic E-state index is 0.0933. The van der Waals surface area contributed by atoms with Gasteiger partial charge in [-0.2, -0.15) is 0 Å². The summed E-state index contributed by atoms with van der Waals surface area (Å²) in [5, 5.41) is 2.47. The number of amides is 2. The van der Waals surface area contributed by atoms with E-state index in [0.29, 0.717) is 0 Å². The normalized spacial score (nSPS) is 9.95. The van der Waals surface area contributed by atoms with E-state index in [9.17, 15) is 14.0 Å². The molecule has 2 amide bonds. The first-order valence-electron chi connectivity index (χ1n) is 5.39. The van der Waals surface area contributed by atoms with Crippen molar-refractivity contribution in [3.63, 3.8) is 0 Å². The Balaban J connectivity index is 2.29. The van der Waals surface area contributed by atoms with E-state index in [1.54, 1.807) is 12.1 Å². The maximum atomic E-state index is 13.0. The molecule has 0 aliphatic carbocycles. The van der Waals surface area contributed by atoms with Crippen molar-refractivity contribution >= 4 is 17.5 Å². The van der Waals surface area contributed by atoms with Gasteiger partial charge in [-0.05, 0) is 30.3 Å². The van der Waals surface area contributed by atoms with Crippen LogP contribution in [0.2, 0.25) is 0 Å². The van der Waals surface area contributed by atoms with Crippen LogP contribution in [0.4, 0.5) is 10.1 Å². The molecule has 96 valence electrons. The number of pyridine rings is 1. The highest BCUT2D eigenvalue weighted by molar-refractivity contribution is 6.07. The predicted octanol–water partition coefficient (Wildman–Crippen LogP) is 1.57. The molecule has 2 aromatic rings. The number of primary amides is 1. The van der Waals surface area contributed by atoms with Crippen LogP contribution in [0.1, 0.15) is 20.8 Å². The fraction of sp³-hybridized carbons (Fsp3) is 0. The second kappa shape index (κ2) is 5.26. The fourth-order valence-electron chi connectivity index (χ4n) is 1.51. The van der Waals surface area contributed by atoms with E-state index in [0.717, 1.165) is 12.1 Å². The molecule has 6 heteroatoms. The number of hydrogen-bond donors (Lipinski definition) is 2. The molecule has 1 aromatic heterocycles. The number of carbonyl (C=O) groups is 2. The number of nitrogens with two attached hydrogens (primary N) is 1. The predicted molar refractivity (Wildman–Crippen MR) is 67.1 cm³/mol. The third kappa shape index (κ3) is 2.92. The average Bonchev–Trinajstić information content (AvgIpc) is 2.41. The molecule has 1 heterocycles. The molecule has 0 atom stereocenters. The Morgan fingerprint density at radius 1 is 1.21 bits per heavy atom. The molecule has 5 nitrogen and oxygen atoms in total. The summed E-state index contributed by atoms with van der Waals surface area (Å²) in [6.07, 6.45) is 1.47. The fourth-order valence-corrected chi connectivity index (χ4v) is 1.51. The van der Waals surface area contributed by atoms with Crippen LogP contribution in [0.3, 0.4) is 0 Å². The van der Waals surface area contributed by atoms with E-state index in [2.05, 4.69) is 10.3 Å².